The summed E-state index contributed by atoms with van der Waals surface area (Å²) in [7, 11) is 0. The Labute approximate surface area is 109 Å². The standard InChI is InChI=1S/C14H22N2O2/c1-4-15-11(2)10-16-14(17)12(3)18-13-8-6-5-7-9-13/h5-9,11-12,15H,4,10H2,1-3H3,(H,16,17)/t11-,12?/m1/s1. The fourth-order valence-corrected chi connectivity index (χ4v) is 1.57. The van der Waals surface area contributed by atoms with Crippen molar-refractivity contribution in [2.45, 2.75) is 32.9 Å². The van der Waals surface area contributed by atoms with Gasteiger partial charge in [-0.2, -0.15) is 0 Å². The number of benzene rings is 1. The monoisotopic (exact) mass is 250 g/mol. The van der Waals surface area contributed by atoms with Gasteiger partial charge in [0.05, 0.1) is 0 Å². The Bertz CT molecular complexity index is 354. The van der Waals surface area contributed by atoms with Crippen LogP contribution in [0.4, 0.5) is 0 Å². The number of hydrogen-bond acceptors (Lipinski definition) is 3. The van der Waals surface area contributed by atoms with Gasteiger partial charge in [-0.15, -0.1) is 0 Å². The van der Waals surface area contributed by atoms with Gasteiger partial charge in [0.15, 0.2) is 6.10 Å². The van der Waals surface area contributed by atoms with Crippen molar-refractivity contribution in [3.63, 3.8) is 0 Å². The van der Waals surface area contributed by atoms with E-state index in [1.54, 1.807) is 6.92 Å². The zero-order valence-corrected chi connectivity index (χ0v) is 11.3. The minimum Gasteiger partial charge on any atom is -0.481 e. The van der Waals surface area contributed by atoms with Gasteiger partial charge in [0.2, 0.25) is 0 Å². The van der Waals surface area contributed by atoms with E-state index in [0.29, 0.717) is 12.3 Å². The van der Waals surface area contributed by atoms with Gasteiger partial charge in [0.1, 0.15) is 5.75 Å². The Kier molecular flexibility index (Phi) is 6.22. The van der Waals surface area contributed by atoms with Gasteiger partial charge in [-0.1, -0.05) is 25.1 Å². The van der Waals surface area contributed by atoms with Crippen LogP contribution in [-0.2, 0) is 4.79 Å². The average Bonchev–Trinajstić information content (AvgIpc) is 2.37. The molecule has 2 N–H and O–H groups in total. The minimum atomic E-state index is -0.485. The SMILES string of the molecule is CCN[C@H](C)CNC(=O)C(C)Oc1ccccc1. The number of carbonyl (C=O) groups excluding carboxylic acids is 1. The Morgan fingerprint density at radius 1 is 1.28 bits per heavy atom. The topological polar surface area (TPSA) is 50.4 Å². The number of ether oxygens (including phenoxy) is 1. The van der Waals surface area contributed by atoms with E-state index in [-0.39, 0.29) is 11.9 Å². The van der Waals surface area contributed by atoms with Gasteiger partial charge < -0.3 is 15.4 Å². The summed E-state index contributed by atoms with van der Waals surface area (Å²) in [5.41, 5.74) is 0. The molecule has 0 fully saturated rings. The molecular weight excluding hydrogens is 228 g/mol. The van der Waals surface area contributed by atoms with Gasteiger partial charge in [-0.05, 0) is 32.5 Å². The summed E-state index contributed by atoms with van der Waals surface area (Å²) in [5.74, 6) is 0.614. The molecule has 0 heterocycles. The number of carbonyl (C=O) groups is 1. The second kappa shape index (κ2) is 7.71. The molecule has 1 aromatic rings. The zero-order valence-electron chi connectivity index (χ0n) is 11.3. The Balaban J connectivity index is 2.33. The third kappa shape index (κ3) is 5.19. The number of amides is 1. The van der Waals surface area contributed by atoms with Crippen LogP contribution in [0.2, 0.25) is 0 Å². The maximum atomic E-state index is 11.8. The molecule has 0 aliphatic rings. The first-order valence-corrected chi connectivity index (χ1v) is 6.36. The van der Waals surface area contributed by atoms with Crippen LogP contribution in [0.25, 0.3) is 0 Å². The van der Waals surface area contributed by atoms with Crippen LogP contribution in [-0.4, -0.2) is 31.1 Å². The van der Waals surface area contributed by atoms with Crippen molar-refractivity contribution in [2.24, 2.45) is 0 Å². The predicted molar refractivity (Wildman–Crippen MR) is 72.7 cm³/mol. The van der Waals surface area contributed by atoms with Crippen molar-refractivity contribution in [2.75, 3.05) is 13.1 Å². The smallest absolute Gasteiger partial charge is 0.260 e. The molecule has 0 aromatic heterocycles. The molecule has 0 aliphatic carbocycles. The molecule has 2 atom stereocenters. The molecule has 0 radical (unpaired) electrons. The van der Waals surface area contributed by atoms with Gasteiger partial charge in [0.25, 0.3) is 5.91 Å². The van der Waals surface area contributed by atoms with Gasteiger partial charge in [-0.25, -0.2) is 0 Å². The highest BCUT2D eigenvalue weighted by atomic mass is 16.5. The lowest BCUT2D eigenvalue weighted by molar-refractivity contribution is -0.127. The summed E-state index contributed by atoms with van der Waals surface area (Å²) in [6.45, 7) is 7.33. The fraction of sp³-hybridized carbons (Fsp3) is 0.500. The van der Waals surface area contributed by atoms with Crippen molar-refractivity contribution in [1.29, 1.82) is 0 Å². The number of hydrogen-bond donors (Lipinski definition) is 2. The summed E-state index contributed by atoms with van der Waals surface area (Å²) in [6.07, 6.45) is -0.485. The lowest BCUT2D eigenvalue weighted by Crippen LogP contribution is -2.43. The van der Waals surface area contributed by atoms with Crippen molar-refractivity contribution >= 4 is 5.91 Å². The summed E-state index contributed by atoms with van der Waals surface area (Å²) in [6, 6.07) is 9.62. The number of rotatable bonds is 7. The van der Waals surface area contributed by atoms with E-state index in [4.69, 9.17) is 4.74 Å². The first kappa shape index (κ1) is 14.5. The number of para-hydroxylation sites is 1. The lowest BCUT2D eigenvalue weighted by atomic mass is 10.3. The van der Waals surface area contributed by atoms with Crippen molar-refractivity contribution < 1.29 is 9.53 Å². The molecule has 1 unspecified atom stereocenters. The first-order chi connectivity index (χ1) is 8.63. The maximum absolute atomic E-state index is 11.8. The summed E-state index contributed by atoms with van der Waals surface area (Å²) >= 11 is 0. The molecule has 18 heavy (non-hydrogen) atoms. The van der Waals surface area contributed by atoms with Crippen LogP contribution in [0.3, 0.4) is 0 Å². The Hall–Kier alpha value is -1.55. The summed E-state index contributed by atoms with van der Waals surface area (Å²) in [5, 5.41) is 6.09. The largest absolute Gasteiger partial charge is 0.481 e. The van der Waals surface area contributed by atoms with Gasteiger partial charge in [0, 0.05) is 12.6 Å². The van der Waals surface area contributed by atoms with E-state index in [1.165, 1.54) is 0 Å². The van der Waals surface area contributed by atoms with E-state index in [1.807, 2.05) is 44.2 Å². The molecule has 1 aromatic carbocycles. The molecule has 4 nitrogen and oxygen atoms in total. The number of likely N-dealkylation sites (N-methyl/N-ethyl adjacent to an activating group) is 1. The molecule has 0 spiro atoms. The van der Waals surface area contributed by atoms with Gasteiger partial charge >= 0.3 is 0 Å². The van der Waals surface area contributed by atoms with Crippen LogP contribution in [0.15, 0.2) is 30.3 Å². The quantitative estimate of drug-likeness (QED) is 0.772. The van der Waals surface area contributed by atoms with Crippen LogP contribution in [0, 0.1) is 0 Å². The molecule has 1 amide bonds. The fourth-order valence-electron chi connectivity index (χ4n) is 1.57. The second-order valence-electron chi connectivity index (χ2n) is 4.28. The van der Waals surface area contributed by atoms with Crippen molar-refractivity contribution in [1.82, 2.24) is 10.6 Å². The minimum absolute atomic E-state index is 0.0939. The van der Waals surface area contributed by atoms with E-state index in [9.17, 15) is 4.79 Å². The van der Waals surface area contributed by atoms with E-state index < -0.39 is 6.10 Å². The Morgan fingerprint density at radius 3 is 2.56 bits per heavy atom. The van der Waals surface area contributed by atoms with Crippen LogP contribution < -0.4 is 15.4 Å². The van der Waals surface area contributed by atoms with Crippen LogP contribution in [0.5, 0.6) is 5.75 Å². The summed E-state index contributed by atoms with van der Waals surface area (Å²) in [4.78, 5) is 11.8. The summed E-state index contributed by atoms with van der Waals surface area (Å²) < 4.78 is 5.54. The number of nitrogens with one attached hydrogen (secondary N) is 2. The Morgan fingerprint density at radius 2 is 1.94 bits per heavy atom. The molecular formula is C14H22N2O2. The zero-order chi connectivity index (χ0) is 13.4. The third-order valence-electron chi connectivity index (χ3n) is 2.56. The molecule has 1 rings (SSSR count). The molecule has 0 bridgehead atoms. The van der Waals surface area contributed by atoms with Crippen LogP contribution >= 0.6 is 0 Å². The highest BCUT2D eigenvalue weighted by molar-refractivity contribution is 5.80. The molecule has 4 heteroatoms. The molecule has 0 saturated carbocycles. The highest BCUT2D eigenvalue weighted by Crippen LogP contribution is 2.10. The first-order valence-electron chi connectivity index (χ1n) is 6.36. The van der Waals surface area contributed by atoms with Crippen LogP contribution in [0.1, 0.15) is 20.8 Å². The lowest BCUT2D eigenvalue weighted by Gasteiger charge is -2.17. The van der Waals surface area contributed by atoms with E-state index in [0.717, 1.165) is 6.54 Å². The van der Waals surface area contributed by atoms with Gasteiger partial charge in [-0.3, -0.25) is 4.79 Å². The predicted octanol–water partition coefficient (Wildman–Crippen LogP) is 1.57. The molecule has 0 saturated heterocycles. The second-order valence-corrected chi connectivity index (χ2v) is 4.28. The van der Waals surface area contributed by atoms with E-state index in [2.05, 4.69) is 10.6 Å². The van der Waals surface area contributed by atoms with Crippen molar-refractivity contribution in [3.8, 4) is 5.75 Å². The average molecular weight is 250 g/mol. The molecule has 100 valence electrons. The highest BCUT2D eigenvalue weighted by Gasteiger charge is 2.14. The van der Waals surface area contributed by atoms with Crippen molar-refractivity contribution in [3.05, 3.63) is 30.3 Å². The normalized spacial score (nSPS) is 13.7. The van der Waals surface area contributed by atoms with E-state index >= 15 is 0 Å². The molecule has 0 aliphatic heterocycles. The maximum Gasteiger partial charge on any atom is 0.260 e. The third-order valence-corrected chi connectivity index (χ3v) is 2.56.